The summed E-state index contributed by atoms with van der Waals surface area (Å²) < 4.78 is 5.82. The summed E-state index contributed by atoms with van der Waals surface area (Å²) in [5.41, 5.74) is 1.79. The largest absolute Gasteiger partial charge is 0.486 e. The second kappa shape index (κ2) is 7.68. The van der Waals surface area contributed by atoms with Crippen LogP contribution in [0.3, 0.4) is 0 Å². The van der Waals surface area contributed by atoms with Crippen molar-refractivity contribution in [1.29, 1.82) is 0 Å². The number of hydrogen-bond acceptors (Lipinski definition) is 4. The standard InChI is InChI=1S/C20H24N2O3/c1-21(2)12-15-8-10-16(11-9-15)20(24)22-13-18(23)19(14-22)25-17-6-4-3-5-7-17/h3-11,18-19,23H,12-14H2,1-2H3/t18-,19-/m1/s1. The molecule has 3 rings (SSSR count). The van der Waals surface area contributed by atoms with Gasteiger partial charge in [0.05, 0.1) is 13.1 Å². The SMILES string of the molecule is CN(C)Cc1ccc(C(=O)N2C[C@@H](O)[C@H](Oc3ccccc3)C2)cc1. The maximum absolute atomic E-state index is 12.7. The lowest BCUT2D eigenvalue weighted by Crippen LogP contribution is -2.31. The molecule has 0 saturated carbocycles. The minimum atomic E-state index is -0.683. The third-order valence-electron chi connectivity index (χ3n) is 4.25. The van der Waals surface area contributed by atoms with Gasteiger partial charge < -0.3 is 19.6 Å². The van der Waals surface area contributed by atoms with Gasteiger partial charge in [-0.25, -0.2) is 0 Å². The number of aliphatic hydroxyl groups is 1. The Labute approximate surface area is 148 Å². The van der Waals surface area contributed by atoms with Gasteiger partial charge in [0.1, 0.15) is 18.0 Å². The Kier molecular flexibility index (Phi) is 5.36. The van der Waals surface area contributed by atoms with Crippen LogP contribution in [0.15, 0.2) is 54.6 Å². The molecule has 0 radical (unpaired) electrons. The molecule has 1 amide bonds. The van der Waals surface area contributed by atoms with Gasteiger partial charge in [-0.3, -0.25) is 4.79 Å². The van der Waals surface area contributed by atoms with Crippen molar-refractivity contribution in [3.63, 3.8) is 0 Å². The van der Waals surface area contributed by atoms with E-state index in [4.69, 9.17) is 4.74 Å². The monoisotopic (exact) mass is 340 g/mol. The summed E-state index contributed by atoms with van der Waals surface area (Å²) in [5.74, 6) is 0.628. The zero-order chi connectivity index (χ0) is 17.8. The Hall–Kier alpha value is -2.37. The zero-order valence-corrected chi connectivity index (χ0v) is 14.6. The van der Waals surface area contributed by atoms with Crippen molar-refractivity contribution in [3.05, 3.63) is 65.7 Å². The maximum Gasteiger partial charge on any atom is 0.254 e. The molecule has 0 aromatic heterocycles. The van der Waals surface area contributed by atoms with Crippen LogP contribution in [0.25, 0.3) is 0 Å². The first-order valence-corrected chi connectivity index (χ1v) is 8.45. The number of rotatable bonds is 5. The van der Waals surface area contributed by atoms with Crippen molar-refractivity contribution in [2.24, 2.45) is 0 Å². The molecular formula is C20H24N2O3. The van der Waals surface area contributed by atoms with Crippen molar-refractivity contribution < 1.29 is 14.6 Å². The highest BCUT2D eigenvalue weighted by Gasteiger charge is 2.35. The molecule has 25 heavy (non-hydrogen) atoms. The fourth-order valence-corrected chi connectivity index (χ4v) is 3.01. The Balaban J connectivity index is 1.63. The average Bonchev–Trinajstić information content (AvgIpc) is 2.96. The summed E-state index contributed by atoms with van der Waals surface area (Å²) >= 11 is 0. The van der Waals surface area contributed by atoms with E-state index in [9.17, 15) is 9.90 Å². The van der Waals surface area contributed by atoms with E-state index in [0.29, 0.717) is 17.9 Å². The summed E-state index contributed by atoms with van der Waals surface area (Å²) in [7, 11) is 4.02. The third-order valence-corrected chi connectivity index (χ3v) is 4.25. The van der Waals surface area contributed by atoms with E-state index in [1.54, 1.807) is 4.90 Å². The molecule has 0 spiro atoms. The topological polar surface area (TPSA) is 53.0 Å². The molecule has 0 bridgehead atoms. The number of benzene rings is 2. The molecule has 5 heteroatoms. The van der Waals surface area contributed by atoms with Crippen LogP contribution in [0.4, 0.5) is 0 Å². The second-order valence-corrected chi connectivity index (χ2v) is 6.68. The molecule has 132 valence electrons. The molecule has 1 aliphatic rings. The molecule has 5 nitrogen and oxygen atoms in total. The highest BCUT2D eigenvalue weighted by atomic mass is 16.5. The predicted octanol–water partition coefficient (Wildman–Crippen LogP) is 2.01. The van der Waals surface area contributed by atoms with Crippen molar-refractivity contribution in [1.82, 2.24) is 9.80 Å². The number of β-amino-alcohol motifs (C(OH)–C–C–N with tert-alkyl or cyclic N) is 1. The van der Waals surface area contributed by atoms with E-state index in [1.165, 1.54) is 0 Å². The maximum atomic E-state index is 12.7. The fourth-order valence-electron chi connectivity index (χ4n) is 3.01. The molecule has 1 saturated heterocycles. The van der Waals surface area contributed by atoms with Gasteiger partial charge >= 0.3 is 0 Å². The summed E-state index contributed by atoms with van der Waals surface area (Å²) in [5, 5.41) is 10.2. The van der Waals surface area contributed by atoms with Gasteiger partial charge in [-0.05, 0) is 43.9 Å². The van der Waals surface area contributed by atoms with E-state index in [-0.39, 0.29) is 12.5 Å². The number of aliphatic hydroxyl groups excluding tert-OH is 1. The molecule has 1 heterocycles. The van der Waals surface area contributed by atoms with Crippen LogP contribution < -0.4 is 4.74 Å². The van der Waals surface area contributed by atoms with Crippen LogP contribution in [0.2, 0.25) is 0 Å². The predicted molar refractivity (Wildman–Crippen MR) is 96.6 cm³/mol. The summed E-state index contributed by atoms with van der Waals surface area (Å²) in [6.45, 7) is 1.51. The molecule has 1 aliphatic heterocycles. The van der Waals surface area contributed by atoms with Crippen LogP contribution in [-0.4, -0.2) is 60.2 Å². The zero-order valence-electron chi connectivity index (χ0n) is 14.6. The first kappa shape index (κ1) is 17.5. The third kappa shape index (κ3) is 4.38. The van der Waals surface area contributed by atoms with Gasteiger partial charge in [0.15, 0.2) is 0 Å². The lowest BCUT2D eigenvalue weighted by Gasteiger charge is -2.17. The Morgan fingerprint density at radius 1 is 1.12 bits per heavy atom. The Morgan fingerprint density at radius 3 is 2.44 bits per heavy atom. The molecule has 1 fully saturated rings. The molecule has 0 aliphatic carbocycles. The summed E-state index contributed by atoms with van der Waals surface area (Å²) in [6.07, 6.45) is -1.09. The smallest absolute Gasteiger partial charge is 0.254 e. The highest BCUT2D eigenvalue weighted by Crippen LogP contribution is 2.20. The van der Waals surface area contributed by atoms with E-state index < -0.39 is 12.2 Å². The van der Waals surface area contributed by atoms with E-state index in [1.807, 2.05) is 68.7 Å². The van der Waals surface area contributed by atoms with Gasteiger partial charge in [-0.2, -0.15) is 0 Å². The van der Waals surface area contributed by atoms with Crippen molar-refractivity contribution >= 4 is 5.91 Å². The number of para-hydroxylation sites is 1. The molecule has 1 N–H and O–H groups in total. The van der Waals surface area contributed by atoms with Gasteiger partial charge in [0.2, 0.25) is 0 Å². The minimum absolute atomic E-state index is 0.0744. The number of nitrogens with zero attached hydrogens (tertiary/aromatic N) is 2. The molecule has 2 aromatic carbocycles. The van der Waals surface area contributed by atoms with Crippen LogP contribution in [0.5, 0.6) is 5.75 Å². The number of likely N-dealkylation sites (tertiary alicyclic amines) is 1. The fraction of sp³-hybridized carbons (Fsp3) is 0.350. The first-order chi connectivity index (χ1) is 12.0. The van der Waals surface area contributed by atoms with Crippen molar-refractivity contribution in [2.45, 2.75) is 18.8 Å². The highest BCUT2D eigenvalue weighted by molar-refractivity contribution is 5.94. The normalized spacial score (nSPS) is 20.1. The number of hydrogen-bond donors (Lipinski definition) is 1. The van der Waals surface area contributed by atoms with Crippen LogP contribution in [-0.2, 0) is 6.54 Å². The number of carbonyl (C=O) groups is 1. The van der Waals surface area contributed by atoms with Gasteiger partial charge in [0.25, 0.3) is 5.91 Å². The first-order valence-electron chi connectivity index (χ1n) is 8.45. The Morgan fingerprint density at radius 2 is 1.80 bits per heavy atom. The van der Waals surface area contributed by atoms with Crippen molar-refractivity contribution in [2.75, 3.05) is 27.2 Å². The van der Waals surface area contributed by atoms with Crippen LogP contribution in [0.1, 0.15) is 15.9 Å². The second-order valence-electron chi connectivity index (χ2n) is 6.68. The average molecular weight is 340 g/mol. The van der Waals surface area contributed by atoms with E-state index >= 15 is 0 Å². The summed E-state index contributed by atoms with van der Waals surface area (Å²) in [4.78, 5) is 16.4. The molecule has 0 unspecified atom stereocenters. The lowest BCUT2D eigenvalue weighted by molar-refractivity contribution is 0.0729. The Bertz CT molecular complexity index is 701. The quantitative estimate of drug-likeness (QED) is 0.905. The number of amides is 1. The van der Waals surface area contributed by atoms with E-state index in [0.717, 1.165) is 12.1 Å². The van der Waals surface area contributed by atoms with Crippen LogP contribution >= 0.6 is 0 Å². The minimum Gasteiger partial charge on any atom is -0.486 e. The molecule has 2 atom stereocenters. The van der Waals surface area contributed by atoms with E-state index in [2.05, 4.69) is 4.90 Å². The van der Waals surface area contributed by atoms with Gasteiger partial charge in [-0.15, -0.1) is 0 Å². The lowest BCUT2D eigenvalue weighted by atomic mass is 10.1. The molecular weight excluding hydrogens is 316 g/mol. The van der Waals surface area contributed by atoms with Crippen LogP contribution in [0, 0.1) is 0 Å². The van der Waals surface area contributed by atoms with Gasteiger partial charge in [0, 0.05) is 12.1 Å². The van der Waals surface area contributed by atoms with Crippen molar-refractivity contribution in [3.8, 4) is 5.75 Å². The number of ether oxygens (including phenoxy) is 1. The summed E-state index contributed by atoms with van der Waals surface area (Å²) in [6, 6.07) is 17.0. The number of carbonyl (C=O) groups excluding carboxylic acids is 1. The van der Waals surface area contributed by atoms with Gasteiger partial charge in [-0.1, -0.05) is 30.3 Å². The molecule has 2 aromatic rings.